The molecule has 1 saturated heterocycles. The first-order valence-electron chi connectivity index (χ1n) is 10.7. The van der Waals surface area contributed by atoms with Gasteiger partial charge in [0.25, 0.3) is 11.1 Å². The lowest BCUT2D eigenvalue weighted by atomic mass is 10.1. The Morgan fingerprint density at radius 1 is 1.06 bits per heavy atom. The van der Waals surface area contributed by atoms with Gasteiger partial charge in [0.2, 0.25) is 0 Å². The highest BCUT2D eigenvalue weighted by molar-refractivity contribution is 8.18. The molecule has 10 heteroatoms. The molecule has 1 aliphatic rings. The Bertz CT molecular complexity index is 1390. The van der Waals surface area contributed by atoms with Crippen LogP contribution in [0.25, 0.3) is 6.08 Å². The Hall–Kier alpha value is -3.33. The van der Waals surface area contributed by atoms with Crippen LogP contribution in [0.4, 0.5) is 9.18 Å². The first-order valence-corrected chi connectivity index (χ1v) is 12.3. The molecule has 6 nitrogen and oxygen atoms in total. The number of ether oxygens (including phenoxy) is 2. The summed E-state index contributed by atoms with van der Waals surface area (Å²) in [6.07, 6.45) is 1.54. The molecule has 184 valence electrons. The zero-order valence-electron chi connectivity index (χ0n) is 18.8. The van der Waals surface area contributed by atoms with Gasteiger partial charge in [0.15, 0.2) is 11.5 Å². The van der Waals surface area contributed by atoms with Crippen molar-refractivity contribution in [2.75, 3.05) is 6.61 Å². The Morgan fingerprint density at radius 3 is 2.58 bits per heavy atom. The lowest BCUT2D eigenvalue weighted by Crippen LogP contribution is -2.27. The molecule has 1 fully saturated rings. The van der Waals surface area contributed by atoms with Crippen molar-refractivity contribution in [2.45, 2.75) is 13.5 Å². The van der Waals surface area contributed by atoms with E-state index >= 15 is 0 Å². The number of carbonyl (C=O) groups excluding carboxylic acids is 3. The molecule has 4 rings (SSSR count). The van der Waals surface area contributed by atoms with E-state index in [4.69, 9.17) is 32.7 Å². The number of hydrogen-bond donors (Lipinski definition) is 0. The van der Waals surface area contributed by atoms with Gasteiger partial charge in [-0.1, -0.05) is 41.4 Å². The Kier molecular flexibility index (Phi) is 7.98. The molecule has 0 aromatic heterocycles. The largest absolute Gasteiger partial charge is 0.490 e. The lowest BCUT2D eigenvalue weighted by molar-refractivity contribution is -0.123. The summed E-state index contributed by atoms with van der Waals surface area (Å²) in [4.78, 5) is 39.2. The summed E-state index contributed by atoms with van der Waals surface area (Å²) in [5, 5.41) is 0.0616. The molecule has 0 N–H and O–H groups in total. The van der Waals surface area contributed by atoms with E-state index in [1.165, 1.54) is 18.2 Å². The molecule has 0 aliphatic carbocycles. The van der Waals surface area contributed by atoms with E-state index in [1.807, 2.05) is 0 Å². The molecular weight excluding hydrogens is 528 g/mol. The van der Waals surface area contributed by atoms with E-state index in [-0.39, 0.29) is 27.8 Å². The maximum absolute atomic E-state index is 13.3. The Labute approximate surface area is 220 Å². The molecule has 3 aromatic rings. The summed E-state index contributed by atoms with van der Waals surface area (Å²) >= 11 is 12.8. The van der Waals surface area contributed by atoms with Gasteiger partial charge in [-0.05, 0) is 78.4 Å². The van der Waals surface area contributed by atoms with Gasteiger partial charge in [0.05, 0.1) is 23.6 Å². The SMILES string of the molecule is CCOc1cc(/C=C2\SC(=O)N(Cc3ccc(F)cc3Cl)C2=O)ccc1OC(=O)c1cccc(Cl)c1. The molecule has 0 radical (unpaired) electrons. The molecule has 0 unspecified atom stereocenters. The number of thioether (sulfide) groups is 1. The third kappa shape index (κ3) is 5.90. The number of amides is 2. The molecule has 0 spiro atoms. The van der Waals surface area contributed by atoms with Crippen molar-refractivity contribution in [3.63, 3.8) is 0 Å². The number of halogens is 3. The minimum absolute atomic E-state index is 0.0797. The van der Waals surface area contributed by atoms with Crippen LogP contribution in [0.5, 0.6) is 11.5 Å². The Balaban J connectivity index is 1.54. The minimum Gasteiger partial charge on any atom is -0.490 e. The van der Waals surface area contributed by atoms with Gasteiger partial charge in [0.1, 0.15) is 5.82 Å². The second-order valence-corrected chi connectivity index (χ2v) is 9.38. The van der Waals surface area contributed by atoms with Crippen molar-refractivity contribution in [3.8, 4) is 11.5 Å². The van der Waals surface area contributed by atoms with Crippen LogP contribution in [0.3, 0.4) is 0 Å². The van der Waals surface area contributed by atoms with Gasteiger partial charge in [0, 0.05) is 10.0 Å². The summed E-state index contributed by atoms with van der Waals surface area (Å²) in [7, 11) is 0. The standard InChI is InChI=1S/C26H18Cl2FNO5S/c1-2-34-22-10-15(6-9-21(22)35-25(32)16-4-3-5-18(27)12-16)11-23-24(31)30(26(33)36-23)14-17-7-8-19(29)13-20(17)28/h3-13H,2,14H2,1H3/b23-11-. The first kappa shape index (κ1) is 25.8. The van der Waals surface area contributed by atoms with E-state index < -0.39 is 22.9 Å². The average Bonchev–Trinajstić information content (AvgIpc) is 3.09. The summed E-state index contributed by atoms with van der Waals surface area (Å²) < 4.78 is 24.4. The monoisotopic (exact) mass is 545 g/mol. The van der Waals surface area contributed by atoms with E-state index in [0.717, 1.165) is 22.7 Å². The smallest absolute Gasteiger partial charge is 0.343 e. The van der Waals surface area contributed by atoms with Gasteiger partial charge in [-0.15, -0.1) is 0 Å². The van der Waals surface area contributed by atoms with Crippen molar-refractivity contribution in [1.29, 1.82) is 0 Å². The number of esters is 1. The third-order valence-electron chi connectivity index (χ3n) is 5.05. The highest BCUT2D eigenvalue weighted by Gasteiger charge is 2.35. The fourth-order valence-corrected chi connectivity index (χ4v) is 4.60. The quantitative estimate of drug-likeness (QED) is 0.181. The summed E-state index contributed by atoms with van der Waals surface area (Å²) in [5.41, 5.74) is 1.29. The Morgan fingerprint density at radius 2 is 1.86 bits per heavy atom. The predicted molar refractivity (Wildman–Crippen MR) is 137 cm³/mol. The van der Waals surface area contributed by atoms with Crippen LogP contribution < -0.4 is 9.47 Å². The van der Waals surface area contributed by atoms with Gasteiger partial charge in [-0.2, -0.15) is 0 Å². The number of carbonyl (C=O) groups is 3. The fourth-order valence-electron chi connectivity index (χ4n) is 3.35. The van der Waals surface area contributed by atoms with Gasteiger partial charge < -0.3 is 9.47 Å². The highest BCUT2D eigenvalue weighted by atomic mass is 35.5. The van der Waals surface area contributed by atoms with E-state index in [1.54, 1.807) is 49.4 Å². The number of nitrogens with zero attached hydrogens (tertiary/aromatic N) is 1. The van der Waals surface area contributed by atoms with Crippen LogP contribution in [-0.4, -0.2) is 28.6 Å². The molecule has 0 atom stereocenters. The summed E-state index contributed by atoms with van der Waals surface area (Å²) in [6.45, 7) is 2.00. The first-order chi connectivity index (χ1) is 17.2. The molecular formula is C26H18Cl2FNO5S. The molecule has 36 heavy (non-hydrogen) atoms. The minimum atomic E-state index is -0.605. The molecule has 3 aromatic carbocycles. The third-order valence-corrected chi connectivity index (χ3v) is 6.54. The van der Waals surface area contributed by atoms with Crippen molar-refractivity contribution in [3.05, 3.63) is 98.1 Å². The predicted octanol–water partition coefficient (Wildman–Crippen LogP) is 6.99. The molecule has 1 heterocycles. The van der Waals surface area contributed by atoms with Crippen LogP contribution in [-0.2, 0) is 11.3 Å². The van der Waals surface area contributed by atoms with Crippen LogP contribution in [0.1, 0.15) is 28.4 Å². The van der Waals surface area contributed by atoms with E-state index in [9.17, 15) is 18.8 Å². The maximum atomic E-state index is 13.3. The molecule has 0 saturated carbocycles. The summed E-state index contributed by atoms with van der Waals surface area (Å²) in [5.74, 6) is -1.13. The zero-order valence-corrected chi connectivity index (χ0v) is 21.1. The van der Waals surface area contributed by atoms with Gasteiger partial charge >= 0.3 is 5.97 Å². The topological polar surface area (TPSA) is 72.9 Å². The lowest BCUT2D eigenvalue weighted by Gasteiger charge is -2.13. The summed E-state index contributed by atoms with van der Waals surface area (Å²) in [6, 6.07) is 14.9. The van der Waals surface area contributed by atoms with Crippen molar-refractivity contribution >= 4 is 58.2 Å². The number of rotatable bonds is 7. The van der Waals surface area contributed by atoms with Crippen LogP contribution in [0.2, 0.25) is 10.0 Å². The van der Waals surface area contributed by atoms with Gasteiger partial charge in [-0.25, -0.2) is 9.18 Å². The normalized spacial score (nSPS) is 14.4. The van der Waals surface area contributed by atoms with Crippen LogP contribution >= 0.6 is 35.0 Å². The average molecular weight is 546 g/mol. The number of benzene rings is 3. The zero-order chi connectivity index (χ0) is 25.8. The van der Waals surface area contributed by atoms with Crippen LogP contribution in [0.15, 0.2) is 65.6 Å². The van der Waals surface area contributed by atoms with E-state index in [2.05, 4.69) is 0 Å². The molecule has 0 bridgehead atoms. The second kappa shape index (κ2) is 11.2. The fraction of sp³-hybridized carbons (Fsp3) is 0.115. The second-order valence-electron chi connectivity index (χ2n) is 7.54. The van der Waals surface area contributed by atoms with Crippen molar-refractivity contribution < 1.29 is 28.2 Å². The van der Waals surface area contributed by atoms with Crippen molar-refractivity contribution in [1.82, 2.24) is 4.90 Å². The molecule has 2 amide bonds. The number of hydrogen-bond acceptors (Lipinski definition) is 6. The van der Waals surface area contributed by atoms with Crippen molar-refractivity contribution in [2.24, 2.45) is 0 Å². The highest BCUT2D eigenvalue weighted by Crippen LogP contribution is 2.36. The maximum Gasteiger partial charge on any atom is 0.343 e. The molecule has 1 aliphatic heterocycles. The van der Waals surface area contributed by atoms with Crippen LogP contribution in [0, 0.1) is 5.82 Å². The number of imide groups is 1. The van der Waals surface area contributed by atoms with E-state index in [0.29, 0.717) is 28.5 Å². The van der Waals surface area contributed by atoms with Gasteiger partial charge in [-0.3, -0.25) is 14.5 Å².